The van der Waals surface area contributed by atoms with Crippen LogP contribution >= 0.6 is 11.8 Å². The van der Waals surface area contributed by atoms with E-state index in [4.69, 9.17) is 4.74 Å². The van der Waals surface area contributed by atoms with E-state index in [0.717, 1.165) is 38.5 Å². The smallest absolute Gasteiger partial charge is 0.330 e. The van der Waals surface area contributed by atoms with Crippen LogP contribution < -0.4 is 0 Å². The Balaban J connectivity index is 1.71. The Bertz CT molecular complexity index is 613. The third-order valence-electron chi connectivity index (χ3n) is 5.20. The van der Waals surface area contributed by atoms with Crippen LogP contribution in [0.5, 0.6) is 0 Å². The van der Waals surface area contributed by atoms with Crippen molar-refractivity contribution in [2.45, 2.75) is 69.9 Å². The van der Waals surface area contributed by atoms with Crippen LogP contribution in [0, 0.1) is 5.92 Å². The number of hydrogen-bond donors (Lipinski definition) is 0. The number of esters is 1. The highest BCUT2D eigenvalue weighted by Crippen LogP contribution is 2.37. The third-order valence-corrected chi connectivity index (χ3v) is 6.55. The van der Waals surface area contributed by atoms with Gasteiger partial charge in [0.15, 0.2) is 0 Å². The summed E-state index contributed by atoms with van der Waals surface area (Å²) in [5, 5.41) is 0.0630. The second kappa shape index (κ2) is 8.94. The predicted octanol–water partition coefficient (Wildman–Crippen LogP) is 4.03. The van der Waals surface area contributed by atoms with E-state index in [-0.39, 0.29) is 29.3 Å². The lowest BCUT2D eigenvalue weighted by atomic mass is 10.0. The van der Waals surface area contributed by atoms with Crippen molar-refractivity contribution in [3.05, 3.63) is 35.9 Å². The first-order valence-corrected chi connectivity index (χ1v) is 10.8. The van der Waals surface area contributed by atoms with Crippen molar-refractivity contribution in [2.24, 2.45) is 5.92 Å². The van der Waals surface area contributed by atoms with Gasteiger partial charge in [-0.1, -0.05) is 43.2 Å². The molecule has 142 valence electrons. The normalized spacial score (nSPS) is 23.6. The standard InChI is InChI=1S/C21H29NO3S/c1-15(2)25-21(24)18-14-26-19(13-12-16-8-4-3-5-9-16)22(18)20(23)17-10-6-7-11-17/h3-5,8-9,15,17-19H,6-7,10-14H2,1-2H3. The molecule has 0 N–H and O–H groups in total. The second-order valence-electron chi connectivity index (χ2n) is 7.54. The van der Waals surface area contributed by atoms with Crippen LogP contribution in [-0.2, 0) is 20.7 Å². The fraction of sp³-hybridized carbons (Fsp3) is 0.619. The van der Waals surface area contributed by atoms with Gasteiger partial charge in [0.1, 0.15) is 6.04 Å². The van der Waals surface area contributed by atoms with Crippen molar-refractivity contribution in [3.63, 3.8) is 0 Å². The van der Waals surface area contributed by atoms with Crippen molar-refractivity contribution in [2.75, 3.05) is 5.75 Å². The molecule has 2 fully saturated rings. The third kappa shape index (κ3) is 4.61. The number of aryl methyl sites for hydroxylation is 1. The van der Waals surface area contributed by atoms with Gasteiger partial charge in [0, 0.05) is 11.7 Å². The van der Waals surface area contributed by atoms with Gasteiger partial charge in [-0.05, 0) is 45.1 Å². The molecule has 1 heterocycles. The molecule has 1 aromatic carbocycles. The molecule has 26 heavy (non-hydrogen) atoms. The van der Waals surface area contributed by atoms with Gasteiger partial charge in [0.2, 0.25) is 5.91 Å². The molecule has 2 aliphatic rings. The minimum atomic E-state index is -0.434. The molecule has 1 aliphatic heterocycles. The van der Waals surface area contributed by atoms with Crippen molar-refractivity contribution in [3.8, 4) is 0 Å². The van der Waals surface area contributed by atoms with Crippen LogP contribution in [0.2, 0.25) is 0 Å². The molecule has 1 saturated heterocycles. The molecule has 1 saturated carbocycles. The van der Waals surface area contributed by atoms with E-state index < -0.39 is 6.04 Å². The van der Waals surface area contributed by atoms with Crippen LogP contribution in [0.15, 0.2) is 30.3 Å². The van der Waals surface area contributed by atoms with E-state index in [9.17, 15) is 9.59 Å². The summed E-state index contributed by atoms with van der Waals surface area (Å²) in [5.41, 5.74) is 1.27. The molecule has 1 aromatic rings. The number of hydrogen-bond acceptors (Lipinski definition) is 4. The van der Waals surface area contributed by atoms with E-state index in [2.05, 4.69) is 12.1 Å². The summed E-state index contributed by atoms with van der Waals surface area (Å²) in [5.74, 6) is 0.642. The molecule has 0 spiro atoms. The Morgan fingerprint density at radius 1 is 1.19 bits per heavy atom. The lowest BCUT2D eigenvalue weighted by molar-refractivity contribution is -0.158. The van der Waals surface area contributed by atoms with E-state index in [1.165, 1.54) is 5.56 Å². The van der Waals surface area contributed by atoms with Crippen molar-refractivity contribution >= 4 is 23.6 Å². The van der Waals surface area contributed by atoms with Gasteiger partial charge in [-0.15, -0.1) is 11.8 Å². The molecular formula is C21H29NO3S. The largest absolute Gasteiger partial charge is 0.461 e. The first kappa shape index (κ1) is 19.3. The number of thioether (sulfide) groups is 1. The van der Waals surface area contributed by atoms with Crippen molar-refractivity contribution in [1.29, 1.82) is 0 Å². The van der Waals surface area contributed by atoms with Gasteiger partial charge in [0.05, 0.1) is 11.5 Å². The number of nitrogens with zero attached hydrogens (tertiary/aromatic N) is 1. The predicted molar refractivity (Wildman–Crippen MR) is 105 cm³/mol. The van der Waals surface area contributed by atoms with Gasteiger partial charge in [-0.2, -0.15) is 0 Å². The molecule has 1 amide bonds. The van der Waals surface area contributed by atoms with Crippen LogP contribution in [0.1, 0.15) is 51.5 Å². The first-order valence-electron chi connectivity index (χ1n) is 9.74. The number of ether oxygens (including phenoxy) is 1. The average molecular weight is 376 g/mol. The van der Waals surface area contributed by atoms with Crippen LogP contribution in [-0.4, -0.2) is 40.0 Å². The monoisotopic (exact) mass is 375 g/mol. The zero-order valence-electron chi connectivity index (χ0n) is 15.7. The zero-order chi connectivity index (χ0) is 18.5. The Morgan fingerprint density at radius 3 is 2.54 bits per heavy atom. The number of benzene rings is 1. The van der Waals surface area contributed by atoms with E-state index in [0.29, 0.717) is 5.75 Å². The lowest BCUT2D eigenvalue weighted by Crippen LogP contribution is -2.48. The van der Waals surface area contributed by atoms with Crippen LogP contribution in [0.25, 0.3) is 0 Å². The lowest BCUT2D eigenvalue weighted by Gasteiger charge is -2.31. The van der Waals surface area contributed by atoms with E-state index in [1.54, 1.807) is 11.8 Å². The topological polar surface area (TPSA) is 46.6 Å². The molecule has 1 aliphatic carbocycles. The number of carbonyl (C=O) groups excluding carboxylic acids is 2. The van der Waals surface area contributed by atoms with Crippen LogP contribution in [0.3, 0.4) is 0 Å². The molecule has 0 bridgehead atoms. The highest BCUT2D eigenvalue weighted by Gasteiger charge is 2.44. The molecule has 2 unspecified atom stereocenters. The maximum atomic E-state index is 13.2. The van der Waals surface area contributed by atoms with Gasteiger partial charge < -0.3 is 9.64 Å². The molecule has 5 heteroatoms. The average Bonchev–Trinajstić information content (AvgIpc) is 3.29. The fourth-order valence-electron chi connectivity index (χ4n) is 3.89. The quantitative estimate of drug-likeness (QED) is 0.704. The zero-order valence-corrected chi connectivity index (χ0v) is 16.5. The van der Waals surface area contributed by atoms with Gasteiger partial charge in [-0.25, -0.2) is 4.79 Å². The van der Waals surface area contributed by atoms with Crippen molar-refractivity contribution in [1.82, 2.24) is 4.90 Å². The number of rotatable bonds is 6. The second-order valence-corrected chi connectivity index (χ2v) is 8.75. The maximum Gasteiger partial charge on any atom is 0.330 e. The SMILES string of the molecule is CC(C)OC(=O)C1CSC(CCc2ccccc2)N1C(=O)C1CCCC1. The van der Waals surface area contributed by atoms with Gasteiger partial charge in [0.25, 0.3) is 0 Å². The van der Waals surface area contributed by atoms with Gasteiger partial charge >= 0.3 is 5.97 Å². The maximum absolute atomic E-state index is 13.2. The Morgan fingerprint density at radius 2 is 1.88 bits per heavy atom. The number of carbonyl (C=O) groups is 2. The molecular weight excluding hydrogens is 346 g/mol. The van der Waals surface area contributed by atoms with E-state index >= 15 is 0 Å². The van der Waals surface area contributed by atoms with E-state index in [1.807, 2.05) is 36.9 Å². The highest BCUT2D eigenvalue weighted by molar-refractivity contribution is 8.00. The summed E-state index contributed by atoms with van der Waals surface area (Å²) in [6, 6.07) is 9.90. The summed E-state index contributed by atoms with van der Waals surface area (Å²) < 4.78 is 5.44. The number of amides is 1. The summed E-state index contributed by atoms with van der Waals surface area (Å²) in [7, 11) is 0. The molecule has 3 rings (SSSR count). The molecule has 0 aromatic heterocycles. The van der Waals surface area contributed by atoms with Crippen molar-refractivity contribution < 1.29 is 14.3 Å². The molecule has 4 nitrogen and oxygen atoms in total. The highest BCUT2D eigenvalue weighted by atomic mass is 32.2. The summed E-state index contributed by atoms with van der Waals surface area (Å²) in [4.78, 5) is 27.6. The molecule has 2 atom stereocenters. The van der Waals surface area contributed by atoms with Crippen LogP contribution in [0.4, 0.5) is 0 Å². The Hall–Kier alpha value is -1.49. The Kier molecular flexibility index (Phi) is 6.63. The minimum absolute atomic E-state index is 0.0630. The fourth-order valence-corrected chi connectivity index (χ4v) is 5.29. The summed E-state index contributed by atoms with van der Waals surface area (Å²) >= 11 is 1.72. The van der Waals surface area contributed by atoms with Gasteiger partial charge in [-0.3, -0.25) is 4.79 Å². The summed E-state index contributed by atoms with van der Waals surface area (Å²) in [6.45, 7) is 3.71. The summed E-state index contributed by atoms with van der Waals surface area (Å²) in [6.07, 6.45) is 5.78. The first-order chi connectivity index (χ1) is 12.6. The molecule has 0 radical (unpaired) electrons. The Labute approximate surface area is 160 Å². The minimum Gasteiger partial charge on any atom is -0.461 e.